The second-order valence-electron chi connectivity index (χ2n) is 3.88. The van der Waals surface area contributed by atoms with Crippen LogP contribution in [-0.2, 0) is 10.0 Å². The van der Waals surface area contributed by atoms with Gasteiger partial charge >= 0.3 is 0 Å². The Labute approximate surface area is 131 Å². The van der Waals surface area contributed by atoms with Crippen LogP contribution in [0.2, 0.25) is 8.67 Å². The summed E-state index contributed by atoms with van der Waals surface area (Å²) in [6.45, 7) is 0.722. The fraction of sp³-hybridized carbons (Fsp3) is 0.167. The highest BCUT2D eigenvalue weighted by atomic mass is 35.5. The van der Waals surface area contributed by atoms with Gasteiger partial charge in [-0.2, -0.15) is 0 Å². The van der Waals surface area contributed by atoms with E-state index in [9.17, 15) is 8.42 Å². The molecule has 0 amide bonds. The fourth-order valence-electron chi connectivity index (χ4n) is 1.53. The summed E-state index contributed by atoms with van der Waals surface area (Å²) < 4.78 is 27.0. The Balaban J connectivity index is 1.89. The van der Waals surface area contributed by atoms with Gasteiger partial charge in [-0.15, -0.1) is 11.3 Å². The summed E-state index contributed by atoms with van der Waals surface area (Å²) in [4.78, 5) is 0.0221. The smallest absolute Gasteiger partial charge is 0.243 e. The topological polar surface area (TPSA) is 58.2 Å². The van der Waals surface area contributed by atoms with Crippen molar-refractivity contribution in [2.75, 3.05) is 18.4 Å². The number of halogens is 2. The molecule has 0 saturated heterocycles. The van der Waals surface area contributed by atoms with Crippen molar-refractivity contribution in [1.82, 2.24) is 4.72 Å². The quantitative estimate of drug-likeness (QED) is 0.784. The van der Waals surface area contributed by atoms with Gasteiger partial charge in [-0.3, -0.25) is 0 Å². The van der Waals surface area contributed by atoms with E-state index in [2.05, 4.69) is 10.0 Å². The van der Waals surface area contributed by atoms with E-state index in [0.29, 0.717) is 10.9 Å². The van der Waals surface area contributed by atoms with Crippen LogP contribution in [0.25, 0.3) is 0 Å². The molecule has 0 aliphatic carbocycles. The maximum absolute atomic E-state index is 12.0. The van der Waals surface area contributed by atoms with E-state index >= 15 is 0 Å². The second kappa shape index (κ2) is 6.78. The van der Waals surface area contributed by atoms with Crippen molar-refractivity contribution in [3.63, 3.8) is 0 Å². The summed E-state index contributed by atoms with van der Waals surface area (Å²) in [7, 11) is -3.62. The molecule has 8 heteroatoms. The summed E-state index contributed by atoms with van der Waals surface area (Å²) in [5.74, 6) is 0. The lowest BCUT2D eigenvalue weighted by molar-refractivity contribution is 0.583. The minimum atomic E-state index is -3.62. The molecule has 4 nitrogen and oxygen atoms in total. The lowest BCUT2D eigenvalue weighted by Gasteiger charge is -2.08. The zero-order valence-corrected chi connectivity index (χ0v) is 13.4. The van der Waals surface area contributed by atoms with Crippen LogP contribution in [0.5, 0.6) is 0 Å². The Morgan fingerprint density at radius 3 is 2.40 bits per heavy atom. The van der Waals surface area contributed by atoms with E-state index in [1.807, 2.05) is 30.3 Å². The number of anilines is 1. The van der Waals surface area contributed by atoms with Crippen LogP contribution < -0.4 is 10.0 Å². The van der Waals surface area contributed by atoms with E-state index in [0.717, 1.165) is 17.0 Å². The molecule has 0 radical (unpaired) electrons. The number of rotatable bonds is 6. The number of sulfonamides is 1. The average Bonchev–Trinajstić information content (AvgIpc) is 2.76. The van der Waals surface area contributed by atoms with Crippen molar-refractivity contribution < 1.29 is 8.42 Å². The zero-order valence-electron chi connectivity index (χ0n) is 10.3. The summed E-state index contributed by atoms with van der Waals surface area (Å²) in [6.07, 6.45) is 0. The third-order valence-electron chi connectivity index (χ3n) is 2.43. The van der Waals surface area contributed by atoms with Gasteiger partial charge < -0.3 is 5.32 Å². The first-order valence-corrected chi connectivity index (χ1v) is 8.78. The molecule has 0 saturated carbocycles. The number of nitrogens with one attached hydrogen (secondary N) is 2. The van der Waals surface area contributed by atoms with Crippen LogP contribution in [0.3, 0.4) is 0 Å². The molecular weight excluding hydrogens is 339 g/mol. The van der Waals surface area contributed by atoms with Crippen molar-refractivity contribution in [1.29, 1.82) is 0 Å². The van der Waals surface area contributed by atoms with Gasteiger partial charge in [0.15, 0.2) is 0 Å². The molecule has 0 aliphatic rings. The molecule has 0 unspecified atom stereocenters. The molecule has 0 atom stereocenters. The Kier molecular flexibility index (Phi) is 5.29. The Morgan fingerprint density at radius 2 is 1.80 bits per heavy atom. The molecule has 0 aliphatic heterocycles. The highest BCUT2D eigenvalue weighted by Crippen LogP contribution is 2.33. The second-order valence-corrected chi connectivity index (χ2v) is 7.90. The fourth-order valence-corrected chi connectivity index (χ4v) is 4.71. The van der Waals surface area contributed by atoms with E-state index in [1.54, 1.807) is 0 Å². The van der Waals surface area contributed by atoms with Crippen molar-refractivity contribution in [2.24, 2.45) is 0 Å². The molecule has 0 bridgehead atoms. The number of thiophene rings is 1. The highest BCUT2D eigenvalue weighted by molar-refractivity contribution is 7.89. The monoisotopic (exact) mass is 350 g/mol. The molecule has 2 rings (SSSR count). The van der Waals surface area contributed by atoms with Crippen molar-refractivity contribution >= 4 is 50.2 Å². The Bertz CT molecular complexity index is 672. The Hall–Kier alpha value is -0.790. The van der Waals surface area contributed by atoms with Crippen molar-refractivity contribution in [2.45, 2.75) is 4.90 Å². The highest BCUT2D eigenvalue weighted by Gasteiger charge is 2.20. The first-order chi connectivity index (χ1) is 9.49. The number of para-hydroxylation sites is 1. The van der Waals surface area contributed by atoms with Crippen LogP contribution in [0.1, 0.15) is 0 Å². The van der Waals surface area contributed by atoms with Gasteiger partial charge in [0.2, 0.25) is 10.0 Å². The van der Waals surface area contributed by atoms with Gasteiger partial charge in [0.1, 0.15) is 9.23 Å². The van der Waals surface area contributed by atoms with Gasteiger partial charge in [-0.1, -0.05) is 41.4 Å². The number of hydrogen-bond acceptors (Lipinski definition) is 4. The van der Waals surface area contributed by atoms with Crippen molar-refractivity contribution in [3.8, 4) is 0 Å². The van der Waals surface area contributed by atoms with Crippen molar-refractivity contribution in [3.05, 3.63) is 45.1 Å². The van der Waals surface area contributed by atoms with Crippen LogP contribution >= 0.6 is 34.5 Å². The summed E-state index contributed by atoms with van der Waals surface area (Å²) in [5, 5.41) is 3.11. The molecule has 1 heterocycles. The maximum atomic E-state index is 12.0. The normalized spacial score (nSPS) is 11.5. The van der Waals surface area contributed by atoms with Gasteiger partial charge in [0, 0.05) is 18.8 Å². The minimum absolute atomic E-state index is 0.0221. The molecular formula is C12H12Cl2N2O2S2. The number of benzene rings is 1. The van der Waals surface area contributed by atoms with E-state index in [4.69, 9.17) is 23.2 Å². The van der Waals surface area contributed by atoms with Crippen LogP contribution in [0, 0.1) is 0 Å². The van der Waals surface area contributed by atoms with Gasteiger partial charge in [-0.25, -0.2) is 13.1 Å². The minimum Gasteiger partial charge on any atom is -0.384 e. The summed E-state index contributed by atoms with van der Waals surface area (Å²) in [6, 6.07) is 10.9. The molecule has 0 spiro atoms. The average molecular weight is 351 g/mol. The SMILES string of the molecule is O=S(=O)(NCCNc1ccccc1)c1cc(Cl)sc1Cl. The zero-order chi connectivity index (χ0) is 14.6. The molecule has 20 heavy (non-hydrogen) atoms. The first kappa shape index (κ1) is 15.6. The van der Waals surface area contributed by atoms with Gasteiger partial charge in [0.25, 0.3) is 0 Å². The number of hydrogen-bond donors (Lipinski definition) is 2. The third kappa shape index (κ3) is 4.10. The van der Waals surface area contributed by atoms with Crippen LogP contribution in [0.15, 0.2) is 41.3 Å². The summed E-state index contributed by atoms with van der Waals surface area (Å²) in [5.41, 5.74) is 0.934. The standard InChI is InChI=1S/C12H12Cl2N2O2S2/c13-11-8-10(12(14)19-11)20(17,18)16-7-6-15-9-4-2-1-3-5-9/h1-5,8,15-16H,6-7H2. The van der Waals surface area contributed by atoms with Gasteiger partial charge in [0.05, 0.1) is 4.34 Å². The molecule has 108 valence electrons. The largest absolute Gasteiger partial charge is 0.384 e. The molecule has 1 aromatic carbocycles. The van der Waals surface area contributed by atoms with E-state index < -0.39 is 10.0 Å². The molecule has 2 aromatic rings. The molecule has 1 aromatic heterocycles. The predicted molar refractivity (Wildman–Crippen MR) is 84.5 cm³/mol. The lowest BCUT2D eigenvalue weighted by Crippen LogP contribution is -2.28. The Morgan fingerprint density at radius 1 is 1.10 bits per heavy atom. The lowest BCUT2D eigenvalue weighted by atomic mass is 10.3. The predicted octanol–water partition coefficient (Wildman–Crippen LogP) is 3.45. The summed E-state index contributed by atoms with van der Waals surface area (Å²) >= 11 is 12.6. The van der Waals surface area contributed by atoms with Gasteiger partial charge in [-0.05, 0) is 18.2 Å². The van der Waals surface area contributed by atoms with E-state index in [-0.39, 0.29) is 15.8 Å². The van der Waals surface area contributed by atoms with E-state index in [1.165, 1.54) is 6.07 Å². The first-order valence-electron chi connectivity index (χ1n) is 5.72. The maximum Gasteiger partial charge on any atom is 0.243 e. The molecule has 2 N–H and O–H groups in total. The van der Waals surface area contributed by atoms with Crippen LogP contribution in [-0.4, -0.2) is 21.5 Å². The molecule has 0 fully saturated rings. The van der Waals surface area contributed by atoms with Crippen LogP contribution in [0.4, 0.5) is 5.69 Å². The third-order valence-corrected chi connectivity index (χ3v) is 5.65.